The molecule has 1 N–H and O–H groups in total. The summed E-state index contributed by atoms with van der Waals surface area (Å²) in [5, 5.41) is 0. The molecule has 4 aromatic heterocycles. The first-order valence-corrected chi connectivity index (χ1v) is 8.16. The van der Waals surface area contributed by atoms with E-state index in [1.165, 1.54) is 29.2 Å². The predicted octanol–water partition coefficient (Wildman–Crippen LogP) is 2.04. The second-order valence-corrected chi connectivity index (χ2v) is 6.03. The summed E-state index contributed by atoms with van der Waals surface area (Å²) in [6, 6.07) is 8.00. The first-order chi connectivity index (χ1) is 13.2. The SMILES string of the molecule is O=c1[nH]c2cnc(-n3cnc4ccc(F)cc43)nc2n1Cc1cccnc1. The van der Waals surface area contributed by atoms with Crippen molar-refractivity contribution in [3.05, 3.63) is 77.1 Å². The van der Waals surface area contributed by atoms with Gasteiger partial charge in [-0.15, -0.1) is 0 Å². The molecule has 0 fully saturated rings. The van der Waals surface area contributed by atoms with Crippen molar-refractivity contribution >= 4 is 22.2 Å². The van der Waals surface area contributed by atoms with Gasteiger partial charge in [0.2, 0.25) is 5.95 Å². The molecule has 132 valence electrons. The molecule has 0 saturated carbocycles. The highest BCUT2D eigenvalue weighted by atomic mass is 19.1. The average molecular weight is 361 g/mol. The number of aromatic nitrogens is 7. The summed E-state index contributed by atoms with van der Waals surface area (Å²) >= 11 is 0. The molecule has 0 aliphatic carbocycles. The zero-order valence-electron chi connectivity index (χ0n) is 13.9. The molecule has 5 aromatic rings. The van der Waals surface area contributed by atoms with Gasteiger partial charge in [-0.25, -0.2) is 19.2 Å². The number of pyridine rings is 1. The summed E-state index contributed by atoms with van der Waals surface area (Å²) in [6.45, 7) is 0.322. The van der Waals surface area contributed by atoms with Crippen molar-refractivity contribution < 1.29 is 4.39 Å². The third-order valence-electron chi connectivity index (χ3n) is 4.29. The minimum atomic E-state index is -0.375. The van der Waals surface area contributed by atoms with Crippen molar-refractivity contribution in [3.63, 3.8) is 0 Å². The molecule has 5 rings (SSSR count). The Balaban J connectivity index is 1.67. The number of H-pyrrole nitrogens is 1. The lowest BCUT2D eigenvalue weighted by molar-refractivity contribution is 0.629. The fourth-order valence-corrected chi connectivity index (χ4v) is 3.01. The standard InChI is InChI=1S/C18H12FN7O/c19-12-3-4-13-15(6-12)26(10-22-13)17-21-8-14-16(24-17)25(18(27)23-14)9-11-2-1-5-20-7-11/h1-8,10H,9H2,(H,23,27). The summed E-state index contributed by atoms with van der Waals surface area (Å²) in [7, 11) is 0. The highest BCUT2D eigenvalue weighted by Gasteiger charge is 2.13. The van der Waals surface area contributed by atoms with Crippen LogP contribution in [0.25, 0.3) is 28.1 Å². The average Bonchev–Trinajstić information content (AvgIpc) is 3.23. The minimum Gasteiger partial charge on any atom is -0.303 e. The quantitative estimate of drug-likeness (QED) is 0.531. The van der Waals surface area contributed by atoms with Gasteiger partial charge in [-0.05, 0) is 23.8 Å². The molecule has 0 aliphatic heterocycles. The van der Waals surface area contributed by atoms with Gasteiger partial charge in [0.25, 0.3) is 0 Å². The Hall–Kier alpha value is -3.88. The van der Waals surface area contributed by atoms with Crippen LogP contribution in [0.15, 0.2) is 60.0 Å². The van der Waals surface area contributed by atoms with Crippen molar-refractivity contribution in [2.24, 2.45) is 0 Å². The molecule has 0 aliphatic rings. The summed E-state index contributed by atoms with van der Waals surface area (Å²) < 4.78 is 16.7. The van der Waals surface area contributed by atoms with Gasteiger partial charge in [-0.1, -0.05) is 6.07 Å². The van der Waals surface area contributed by atoms with Crippen LogP contribution in [0, 0.1) is 5.82 Å². The topological polar surface area (TPSA) is 94.3 Å². The fourth-order valence-electron chi connectivity index (χ4n) is 3.01. The maximum Gasteiger partial charge on any atom is 0.328 e. The third kappa shape index (κ3) is 2.56. The molecular weight excluding hydrogens is 349 g/mol. The molecular formula is C18H12FN7O. The van der Waals surface area contributed by atoms with E-state index in [-0.39, 0.29) is 11.5 Å². The van der Waals surface area contributed by atoms with Gasteiger partial charge in [-0.2, -0.15) is 4.98 Å². The van der Waals surface area contributed by atoms with Crippen LogP contribution in [0.3, 0.4) is 0 Å². The van der Waals surface area contributed by atoms with Crippen LogP contribution >= 0.6 is 0 Å². The van der Waals surface area contributed by atoms with Gasteiger partial charge in [0.1, 0.15) is 17.7 Å². The predicted molar refractivity (Wildman–Crippen MR) is 96.1 cm³/mol. The van der Waals surface area contributed by atoms with Gasteiger partial charge in [-0.3, -0.25) is 14.1 Å². The molecule has 0 atom stereocenters. The molecule has 27 heavy (non-hydrogen) atoms. The van der Waals surface area contributed by atoms with E-state index in [1.807, 2.05) is 12.1 Å². The van der Waals surface area contributed by atoms with E-state index in [4.69, 9.17) is 0 Å². The number of nitrogens with one attached hydrogen (secondary N) is 1. The fraction of sp³-hybridized carbons (Fsp3) is 0.0556. The Bertz CT molecular complexity index is 1340. The third-order valence-corrected chi connectivity index (χ3v) is 4.29. The monoisotopic (exact) mass is 361 g/mol. The smallest absolute Gasteiger partial charge is 0.303 e. The number of benzene rings is 1. The molecule has 9 heteroatoms. The lowest BCUT2D eigenvalue weighted by atomic mass is 10.3. The van der Waals surface area contributed by atoms with Crippen LogP contribution < -0.4 is 5.69 Å². The minimum absolute atomic E-state index is 0.290. The van der Waals surface area contributed by atoms with E-state index in [1.54, 1.807) is 23.0 Å². The Morgan fingerprint density at radius 3 is 2.93 bits per heavy atom. The lowest BCUT2D eigenvalue weighted by Crippen LogP contribution is -2.18. The van der Waals surface area contributed by atoms with Gasteiger partial charge in [0.05, 0.1) is 23.8 Å². The van der Waals surface area contributed by atoms with Crippen LogP contribution in [-0.4, -0.2) is 34.1 Å². The van der Waals surface area contributed by atoms with Crippen LogP contribution in [0.4, 0.5) is 4.39 Å². The summed E-state index contributed by atoms with van der Waals surface area (Å²) in [6.07, 6.45) is 6.43. The molecule has 0 spiro atoms. The van der Waals surface area contributed by atoms with Crippen LogP contribution in [-0.2, 0) is 6.54 Å². The van der Waals surface area contributed by atoms with Crippen molar-refractivity contribution in [1.82, 2.24) is 34.1 Å². The first kappa shape index (κ1) is 15.4. The highest BCUT2D eigenvalue weighted by molar-refractivity contribution is 5.77. The first-order valence-electron chi connectivity index (χ1n) is 8.16. The maximum absolute atomic E-state index is 13.6. The Labute approximate surface area is 151 Å². The number of hydrogen-bond acceptors (Lipinski definition) is 5. The Kier molecular flexibility index (Phi) is 3.32. The number of rotatable bonds is 3. The number of imidazole rings is 2. The number of aromatic amines is 1. The lowest BCUT2D eigenvalue weighted by Gasteiger charge is -2.05. The largest absolute Gasteiger partial charge is 0.328 e. The zero-order valence-corrected chi connectivity index (χ0v) is 13.9. The normalized spacial score (nSPS) is 11.4. The van der Waals surface area contributed by atoms with E-state index < -0.39 is 0 Å². The van der Waals surface area contributed by atoms with Crippen molar-refractivity contribution in [2.75, 3.05) is 0 Å². The van der Waals surface area contributed by atoms with Crippen molar-refractivity contribution in [2.45, 2.75) is 6.54 Å². The Morgan fingerprint density at radius 1 is 1.15 bits per heavy atom. The Morgan fingerprint density at radius 2 is 2.07 bits per heavy atom. The van der Waals surface area contributed by atoms with E-state index >= 15 is 0 Å². The van der Waals surface area contributed by atoms with Crippen LogP contribution in [0.2, 0.25) is 0 Å². The zero-order chi connectivity index (χ0) is 18.4. The molecule has 0 bridgehead atoms. The van der Waals surface area contributed by atoms with E-state index in [0.29, 0.717) is 34.7 Å². The molecule has 0 saturated heterocycles. The van der Waals surface area contributed by atoms with Gasteiger partial charge in [0.15, 0.2) is 5.65 Å². The molecule has 8 nitrogen and oxygen atoms in total. The van der Waals surface area contributed by atoms with Crippen LogP contribution in [0.1, 0.15) is 5.56 Å². The number of fused-ring (bicyclic) bond motifs is 2. The van der Waals surface area contributed by atoms with Gasteiger partial charge >= 0.3 is 5.69 Å². The number of nitrogens with zero attached hydrogens (tertiary/aromatic N) is 6. The number of hydrogen-bond donors (Lipinski definition) is 1. The number of halogens is 1. The second-order valence-electron chi connectivity index (χ2n) is 6.03. The maximum atomic E-state index is 13.6. The van der Waals surface area contributed by atoms with Crippen molar-refractivity contribution in [3.8, 4) is 5.95 Å². The van der Waals surface area contributed by atoms with E-state index in [2.05, 4.69) is 24.9 Å². The van der Waals surface area contributed by atoms with Crippen molar-refractivity contribution in [1.29, 1.82) is 0 Å². The van der Waals surface area contributed by atoms with E-state index in [9.17, 15) is 9.18 Å². The molecule has 0 amide bonds. The highest BCUT2D eigenvalue weighted by Crippen LogP contribution is 2.18. The summed E-state index contributed by atoms with van der Waals surface area (Å²) in [5.41, 5.74) is 2.72. The summed E-state index contributed by atoms with van der Waals surface area (Å²) in [5.74, 6) is -0.0741. The molecule has 1 aromatic carbocycles. The van der Waals surface area contributed by atoms with Crippen LogP contribution in [0.5, 0.6) is 0 Å². The van der Waals surface area contributed by atoms with E-state index in [0.717, 1.165) is 5.56 Å². The second kappa shape index (κ2) is 5.84. The molecule has 0 radical (unpaired) electrons. The summed E-state index contributed by atoms with van der Waals surface area (Å²) in [4.78, 5) is 32.2. The van der Waals surface area contributed by atoms with Gasteiger partial charge < -0.3 is 4.98 Å². The molecule has 4 heterocycles. The molecule has 0 unspecified atom stereocenters. The van der Waals surface area contributed by atoms with Gasteiger partial charge in [0, 0.05) is 18.5 Å².